The van der Waals surface area contributed by atoms with Gasteiger partial charge in [0.05, 0.1) is 24.6 Å². The van der Waals surface area contributed by atoms with Gasteiger partial charge in [0, 0.05) is 11.8 Å². The number of hydrogen-bond donors (Lipinski definition) is 2. The van der Waals surface area contributed by atoms with E-state index in [2.05, 4.69) is 15.6 Å². The fraction of sp³-hybridized carbons (Fsp3) is 0.136. The second-order valence-electron chi connectivity index (χ2n) is 6.48. The molecule has 0 saturated carbocycles. The lowest BCUT2D eigenvalue weighted by molar-refractivity contribution is -0.119. The van der Waals surface area contributed by atoms with Gasteiger partial charge in [0.2, 0.25) is 0 Å². The maximum absolute atomic E-state index is 12.4. The van der Waals surface area contributed by atoms with Crippen LogP contribution in [0.2, 0.25) is 0 Å². The summed E-state index contributed by atoms with van der Waals surface area (Å²) < 4.78 is 16.4. The number of ether oxygens (including phenoxy) is 3. The predicted octanol–water partition coefficient (Wildman–Crippen LogP) is 4.91. The van der Waals surface area contributed by atoms with Gasteiger partial charge in [-0.1, -0.05) is 29.5 Å². The monoisotopic (exact) mass is 469 g/mol. The first-order chi connectivity index (χ1) is 15.6. The lowest BCUT2D eigenvalue weighted by Gasteiger charge is -2.11. The number of methoxy groups -OCH3 is 2. The molecule has 0 aliphatic carbocycles. The van der Waals surface area contributed by atoms with E-state index in [0.717, 1.165) is 20.3 Å². The van der Waals surface area contributed by atoms with Crippen molar-refractivity contribution in [3.05, 3.63) is 59.5 Å². The summed E-state index contributed by atoms with van der Waals surface area (Å²) >= 11 is 2.66. The number of carbonyl (C=O) groups excluding carboxylic acids is 2. The number of thiophene rings is 1. The van der Waals surface area contributed by atoms with E-state index < -0.39 is 18.5 Å². The third kappa shape index (κ3) is 4.98. The molecule has 2 N–H and O–H groups in total. The fourth-order valence-corrected chi connectivity index (χ4v) is 4.85. The maximum atomic E-state index is 12.4. The van der Waals surface area contributed by atoms with Gasteiger partial charge in [-0.15, -0.1) is 11.3 Å². The van der Waals surface area contributed by atoms with Crippen molar-refractivity contribution < 1.29 is 23.8 Å². The van der Waals surface area contributed by atoms with Crippen LogP contribution in [0.3, 0.4) is 0 Å². The zero-order chi connectivity index (χ0) is 22.5. The Morgan fingerprint density at radius 2 is 1.81 bits per heavy atom. The molecule has 8 nitrogen and oxygen atoms in total. The van der Waals surface area contributed by atoms with Crippen molar-refractivity contribution in [2.24, 2.45) is 0 Å². The minimum Gasteiger partial charge on any atom is -0.497 e. The summed E-state index contributed by atoms with van der Waals surface area (Å²) in [6.07, 6.45) is 0. The van der Waals surface area contributed by atoms with Crippen molar-refractivity contribution in [2.75, 3.05) is 31.5 Å². The van der Waals surface area contributed by atoms with Gasteiger partial charge in [-0.3, -0.25) is 4.79 Å². The second-order valence-corrected chi connectivity index (χ2v) is 8.54. The summed E-state index contributed by atoms with van der Waals surface area (Å²) in [6, 6.07) is 16.4. The Morgan fingerprint density at radius 1 is 1.00 bits per heavy atom. The Bertz CT molecular complexity index is 1220. The third-order valence-corrected chi connectivity index (χ3v) is 6.39. The van der Waals surface area contributed by atoms with Crippen molar-refractivity contribution in [1.82, 2.24) is 4.98 Å². The Kier molecular flexibility index (Phi) is 6.52. The molecule has 0 aliphatic rings. The normalized spacial score (nSPS) is 10.6. The lowest BCUT2D eigenvalue weighted by atomic mass is 10.2. The van der Waals surface area contributed by atoms with Crippen molar-refractivity contribution in [2.45, 2.75) is 0 Å². The molecule has 4 rings (SSSR count). The number of fused-ring (bicyclic) bond motifs is 1. The molecule has 164 valence electrons. The van der Waals surface area contributed by atoms with Crippen LogP contribution < -0.4 is 20.1 Å². The van der Waals surface area contributed by atoms with Gasteiger partial charge >= 0.3 is 5.97 Å². The van der Waals surface area contributed by atoms with E-state index in [9.17, 15) is 9.59 Å². The number of aromatic nitrogens is 1. The molecule has 0 aliphatic heterocycles. The molecule has 2 heterocycles. The van der Waals surface area contributed by atoms with Crippen LogP contribution in [0.25, 0.3) is 9.53 Å². The van der Waals surface area contributed by atoms with Gasteiger partial charge < -0.3 is 24.8 Å². The summed E-state index contributed by atoms with van der Waals surface area (Å²) in [5.41, 5.74) is 1.39. The summed E-state index contributed by atoms with van der Waals surface area (Å²) in [6.45, 7) is -0.423. The highest BCUT2D eigenvalue weighted by Crippen LogP contribution is 2.34. The summed E-state index contributed by atoms with van der Waals surface area (Å²) in [4.78, 5) is 30.2. The van der Waals surface area contributed by atoms with Gasteiger partial charge in [-0.2, -0.15) is 0 Å². The number of carbonyl (C=O) groups is 2. The molecule has 2 aromatic carbocycles. The Morgan fingerprint density at radius 3 is 2.53 bits per heavy atom. The van der Waals surface area contributed by atoms with Crippen molar-refractivity contribution in [3.63, 3.8) is 0 Å². The first-order valence-corrected chi connectivity index (χ1v) is 11.1. The summed E-state index contributed by atoms with van der Waals surface area (Å²) in [7, 11) is 3.03. The Hall–Kier alpha value is -3.63. The molecule has 0 bridgehead atoms. The maximum Gasteiger partial charge on any atom is 0.348 e. The smallest absolute Gasteiger partial charge is 0.348 e. The largest absolute Gasteiger partial charge is 0.497 e. The molecule has 0 fully saturated rings. The number of esters is 1. The van der Waals surface area contributed by atoms with Crippen molar-refractivity contribution in [3.8, 4) is 11.5 Å². The fourth-order valence-electron chi connectivity index (χ4n) is 2.82. The predicted molar refractivity (Wildman–Crippen MR) is 126 cm³/mol. The van der Waals surface area contributed by atoms with Crippen LogP contribution in [-0.2, 0) is 9.53 Å². The summed E-state index contributed by atoms with van der Waals surface area (Å²) in [5, 5.41) is 6.64. The molecule has 0 saturated heterocycles. The van der Waals surface area contributed by atoms with E-state index in [4.69, 9.17) is 14.2 Å². The van der Waals surface area contributed by atoms with Crippen LogP contribution in [0, 0.1) is 0 Å². The van der Waals surface area contributed by atoms with E-state index in [1.165, 1.54) is 36.9 Å². The Labute approximate surface area is 191 Å². The topological polar surface area (TPSA) is 98.8 Å². The molecule has 2 aromatic heterocycles. The zero-order valence-electron chi connectivity index (χ0n) is 17.2. The van der Waals surface area contributed by atoms with Gasteiger partial charge in [0.1, 0.15) is 21.2 Å². The van der Waals surface area contributed by atoms with E-state index in [1.54, 1.807) is 24.3 Å². The number of amides is 1. The first kappa shape index (κ1) is 21.6. The average molecular weight is 470 g/mol. The van der Waals surface area contributed by atoms with Gasteiger partial charge in [0.25, 0.3) is 5.91 Å². The van der Waals surface area contributed by atoms with Crippen LogP contribution in [0.1, 0.15) is 9.67 Å². The second kappa shape index (κ2) is 9.67. The molecule has 0 radical (unpaired) electrons. The third-order valence-electron chi connectivity index (χ3n) is 4.33. The minimum absolute atomic E-state index is 0.389. The molecule has 1 amide bonds. The van der Waals surface area contributed by atoms with Gasteiger partial charge in [-0.25, -0.2) is 9.78 Å². The quantitative estimate of drug-likeness (QED) is 0.354. The van der Waals surface area contributed by atoms with E-state index in [0.29, 0.717) is 22.1 Å². The zero-order valence-corrected chi connectivity index (χ0v) is 18.8. The van der Waals surface area contributed by atoms with Crippen LogP contribution in [0.4, 0.5) is 16.5 Å². The number of para-hydroxylation sites is 1. The molecule has 4 aromatic rings. The molecule has 32 heavy (non-hydrogen) atoms. The number of rotatable bonds is 8. The number of thiazole rings is 1. The molecule has 0 unspecified atom stereocenters. The SMILES string of the molecule is COc1ccc(NC(=O)COC(=O)c2cc3sc(Nc4ccccc4)nc3s2)c(OC)c1. The first-order valence-electron chi connectivity index (χ1n) is 9.47. The molecular formula is C22H19N3O5S2. The van der Waals surface area contributed by atoms with E-state index in [1.807, 2.05) is 30.3 Å². The molecular weight excluding hydrogens is 450 g/mol. The van der Waals surface area contributed by atoms with Gasteiger partial charge in [0.15, 0.2) is 11.7 Å². The van der Waals surface area contributed by atoms with Crippen LogP contribution in [0.15, 0.2) is 54.6 Å². The van der Waals surface area contributed by atoms with E-state index >= 15 is 0 Å². The molecule has 0 atom stereocenters. The minimum atomic E-state index is -0.574. The average Bonchev–Trinajstić information content (AvgIpc) is 3.37. The van der Waals surface area contributed by atoms with Crippen LogP contribution in [0.5, 0.6) is 11.5 Å². The number of anilines is 3. The van der Waals surface area contributed by atoms with Crippen molar-refractivity contribution >= 4 is 60.6 Å². The highest BCUT2D eigenvalue weighted by atomic mass is 32.1. The van der Waals surface area contributed by atoms with Crippen LogP contribution in [-0.4, -0.2) is 37.7 Å². The molecule has 0 spiro atoms. The Balaban J connectivity index is 1.34. The number of nitrogens with zero attached hydrogens (tertiary/aromatic N) is 1. The summed E-state index contributed by atoms with van der Waals surface area (Å²) in [5.74, 6) is -0.0181. The highest BCUT2D eigenvalue weighted by molar-refractivity contribution is 7.29. The lowest BCUT2D eigenvalue weighted by Crippen LogP contribution is -2.20. The van der Waals surface area contributed by atoms with E-state index in [-0.39, 0.29) is 0 Å². The van der Waals surface area contributed by atoms with Crippen LogP contribution >= 0.6 is 22.7 Å². The number of hydrogen-bond acceptors (Lipinski definition) is 9. The van der Waals surface area contributed by atoms with Gasteiger partial charge in [-0.05, 0) is 30.3 Å². The number of benzene rings is 2. The highest BCUT2D eigenvalue weighted by Gasteiger charge is 2.17. The standard InChI is InChI=1S/C22H19N3O5S2/c1-28-14-8-9-15(16(10-14)29-2)24-19(26)12-30-21(27)18-11-17-20(31-18)25-22(32-17)23-13-6-4-3-5-7-13/h3-11H,12H2,1-2H3,(H,23,25)(H,24,26). The van der Waals surface area contributed by atoms with Crippen molar-refractivity contribution in [1.29, 1.82) is 0 Å². The molecule has 10 heteroatoms. The number of nitrogens with one attached hydrogen (secondary N) is 2.